The van der Waals surface area contributed by atoms with Gasteiger partial charge in [0.25, 0.3) is 0 Å². The minimum atomic E-state index is -0.768. The summed E-state index contributed by atoms with van der Waals surface area (Å²) in [4.78, 5) is 72.5. The Balaban J connectivity index is 2.31. The van der Waals surface area contributed by atoms with Gasteiger partial charge in [0.15, 0.2) is 5.78 Å². The summed E-state index contributed by atoms with van der Waals surface area (Å²) < 4.78 is 12.0. The Labute approximate surface area is 331 Å². The van der Waals surface area contributed by atoms with Gasteiger partial charge in [-0.25, -0.2) is 0 Å². The van der Waals surface area contributed by atoms with E-state index in [4.69, 9.17) is 9.47 Å². The Hall–Kier alpha value is -3.35. The van der Waals surface area contributed by atoms with Crippen molar-refractivity contribution in [2.75, 3.05) is 34.9 Å². The summed E-state index contributed by atoms with van der Waals surface area (Å²) in [5, 5.41) is 9.08. The van der Waals surface area contributed by atoms with E-state index in [0.717, 1.165) is 18.4 Å². The second-order valence-corrected chi connectivity index (χ2v) is 17.2. The number of ketones is 1. The normalized spacial score (nSPS) is 19.2. The molecule has 0 radical (unpaired) electrons. The highest BCUT2D eigenvalue weighted by atomic mass is 16.5. The van der Waals surface area contributed by atoms with Crippen LogP contribution in [0, 0.1) is 29.1 Å². The largest absolute Gasteiger partial charge is 0.379 e. The van der Waals surface area contributed by atoms with Crippen LogP contribution >= 0.6 is 0 Å². The van der Waals surface area contributed by atoms with Gasteiger partial charge in [-0.05, 0) is 49.6 Å². The molecule has 1 heterocycles. The molecule has 9 unspecified atom stereocenters. The Kier molecular flexibility index (Phi) is 19.0. The molecule has 1 saturated heterocycles. The van der Waals surface area contributed by atoms with Crippen molar-refractivity contribution in [3.63, 3.8) is 0 Å². The Morgan fingerprint density at radius 1 is 0.891 bits per heavy atom. The van der Waals surface area contributed by atoms with E-state index in [1.807, 2.05) is 92.6 Å². The van der Waals surface area contributed by atoms with Crippen LogP contribution in [-0.4, -0.2) is 116 Å². The molecule has 1 fully saturated rings. The van der Waals surface area contributed by atoms with Crippen LogP contribution in [0.4, 0.5) is 0 Å². The van der Waals surface area contributed by atoms with Crippen molar-refractivity contribution < 1.29 is 33.4 Å². The molecule has 9 atom stereocenters. The van der Waals surface area contributed by atoms with Crippen molar-refractivity contribution >= 4 is 29.4 Å². The van der Waals surface area contributed by atoms with E-state index < -0.39 is 47.7 Å². The monoisotopic (exact) mass is 772 g/mol. The zero-order valence-corrected chi connectivity index (χ0v) is 36.2. The van der Waals surface area contributed by atoms with Crippen LogP contribution in [0.25, 0.3) is 0 Å². The molecule has 2 rings (SSSR count). The molecule has 1 aromatic carbocycles. The van der Waals surface area contributed by atoms with E-state index in [2.05, 4.69) is 16.0 Å². The van der Waals surface area contributed by atoms with Crippen molar-refractivity contribution in [2.24, 2.45) is 29.1 Å². The van der Waals surface area contributed by atoms with Crippen molar-refractivity contribution in [3.8, 4) is 0 Å². The molecule has 0 spiro atoms. The van der Waals surface area contributed by atoms with Gasteiger partial charge in [0.2, 0.25) is 23.6 Å². The molecule has 0 saturated carbocycles. The van der Waals surface area contributed by atoms with E-state index in [9.17, 15) is 24.0 Å². The maximum Gasteiger partial charge on any atom is 0.245 e. The minimum absolute atomic E-state index is 0.0176. The second kappa shape index (κ2) is 21.8. The summed E-state index contributed by atoms with van der Waals surface area (Å²) >= 11 is 0. The molecule has 1 aliphatic heterocycles. The van der Waals surface area contributed by atoms with Crippen LogP contribution in [0.15, 0.2) is 30.3 Å². The standard InChI is InChI=1S/C43H73N5O7/c1-15-28(6)37(47(12)42(53)36(27(4)5)46-41(52)35(44-11)26(2)3)33(54-13)25-34(49)48-23-19-22-32(48)38(55-14)29(7)40(51)45-31(39(50)43(8,9)10)24-30-20-17-16-18-21-30/h16-18,20-21,26-29,31-33,35-38,44H,15,19,22-25H2,1-14H3,(H,45,51)(H,46,52). The maximum absolute atomic E-state index is 14.3. The number of hydrogen-bond acceptors (Lipinski definition) is 8. The molecule has 0 aliphatic carbocycles. The first-order valence-corrected chi connectivity index (χ1v) is 20.2. The lowest BCUT2D eigenvalue weighted by Crippen LogP contribution is -2.59. The number of carbonyl (C=O) groups excluding carboxylic acids is 5. The molecular weight excluding hydrogens is 699 g/mol. The average molecular weight is 772 g/mol. The van der Waals surface area contributed by atoms with Gasteiger partial charge in [-0.2, -0.15) is 0 Å². The van der Waals surface area contributed by atoms with E-state index >= 15 is 0 Å². The third-order valence-corrected chi connectivity index (χ3v) is 11.4. The van der Waals surface area contributed by atoms with Gasteiger partial charge in [-0.1, -0.05) is 106 Å². The molecule has 0 aromatic heterocycles. The molecule has 1 aromatic rings. The van der Waals surface area contributed by atoms with Gasteiger partial charge in [0.05, 0.1) is 48.7 Å². The number of likely N-dealkylation sites (N-methyl/N-ethyl adjacent to an activating group) is 2. The smallest absolute Gasteiger partial charge is 0.245 e. The first-order chi connectivity index (χ1) is 25.7. The predicted molar refractivity (Wildman–Crippen MR) is 217 cm³/mol. The number of ether oxygens (including phenoxy) is 2. The van der Waals surface area contributed by atoms with E-state index in [1.54, 1.807) is 45.0 Å². The van der Waals surface area contributed by atoms with Gasteiger partial charge in [-0.15, -0.1) is 0 Å². The number of hydrogen-bond donors (Lipinski definition) is 3. The summed E-state index contributed by atoms with van der Waals surface area (Å²) in [5.41, 5.74) is 0.282. The molecule has 312 valence electrons. The molecular formula is C43H73N5O7. The first kappa shape index (κ1) is 47.8. The van der Waals surface area contributed by atoms with Crippen LogP contribution in [0.3, 0.4) is 0 Å². The van der Waals surface area contributed by atoms with Crippen molar-refractivity contribution in [1.82, 2.24) is 25.8 Å². The van der Waals surface area contributed by atoms with Crippen LogP contribution < -0.4 is 16.0 Å². The number of nitrogens with zero attached hydrogens (tertiary/aromatic N) is 2. The van der Waals surface area contributed by atoms with Gasteiger partial charge >= 0.3 is 0 Å². The van der Waals surface area contributed by atoms with Gasteiger partial charge in [0, 0.05) is 33.2 Å². The summed E-state index contributed by atoms with van der Waals surface area (Å²) in [7, 11) is 6.57. The number of benzene rings is 1. The maximum atomic E-state index is 14.3. The third-order valence-electron chi connectivity index (χ3n) is 11.4. The first-order valence-electron chi connectivity index (χ1n) is 20.2. The van der Waals surface area contributed by atoms with E-state index in [0.29, 0.717) is 19.4 Å². The Morgan fingerprint density at radius 3 is 1.98 bits per heavy atom. The molecule has 12 nitrogen and oxygen atoms in total. The van der Waals surface area contributed by atoms with Crippen molar-refractivity contribution in [2.45, 2.75) is 144 Å². The molecule has 55 heavy (non-hydrogen) atoms. The van der Waals surface area contributed by atoms with Crippen LogP contribution in [-0.2, 0) is 39.9 Å². The number of amides is 4. The third kappa shape index (κ3) is 12.8. The summed E-state index contributed by atoms with van der Waals surface area (Å²) in [5.74, 6) is -1.83. The van der Waals surface area contributed by atoms with E-state index in [-0.39, 0.29) is 59.6 Å². The van der Waals surface area contributed by atoms with Crippen LogP contribution in [0.5, 0.6) is 0 Å². The fourth-order valence-corrected chi connectivity index (χ4v) is 7.93. The predicted octanol–water partition coefficient (Wildman–Crippen LogP) is 4.63. The highest BCUT2D eigenvalue weighted by Gasteiger charge is 2.43. The fraction of sp³-hybridized carbons (Fsp3) is 0.744. The zero-order chi connectivity index (χ0) is 41.8. The number of Topliss-reactive ketones (excluding diaryl/α,β-unsaturated/α-hetero) is 1. The molecule has 4 amide bonds. The SMILES string of the molecule is CCC(C)C(C(CC(=O)N1CCCC1C(OC)C(C)C(=O)NC(Cc1ccccc1)C(=O)C(C)(C)C)OC)N(C)C(=O)C(NC(=O)C(NC)C(C)C)C(C)C. The lowest BCUT2D eigenvalue weighted by molar-refractivity contribution is -0.148. The molecule has 0 bridgehead atoms. The number of carbonyl (C=O) groups is 5. The number of likely N-dealkylation sites (tertiary alicyclic amines) is 1. The lowest BCUT2D eigenvalue weighted by Gasteiger charge is -2.41. The molecule has 1 aliphatic rings. The number of methoxy groups -OCH3 is 2. The zero-order valence-electron chi connectivity index (χ0n) is 36.2. The number of rotatable bonds is 21. The summed E-state index contributed by atoms with van der Waals surface area (Å²) in [6.45, 7) is 19.6. The van der Waals surface area contributed by atoms with Gasteiger partial charge in [-0.3, -0.25) is 24.0 Å². The molecule has 12 heteroatoms. The van der Waals surface area contributed by atoms with Crippen molar-refractivity contribution in [1.29, 1.82) is 0 Å². The lowest BCUT2D eigenvalue weighted by atomic mass is 9.83. The van der Waals surface area contributed by atoms with Crippen molar-refractivity contribution in [3.05, 3.63) is 35.9 Å². The highest BCUT2D eigenvalue weighted by molar-refractivity contribution is 5.93. The molecule has 3 N–H and O–H groups in total. The van der Waals surface area contributed by atoms with Crippen LogP contribution in [0.1, 0.15) is 100 Å². The van der Waals surface area contributed by atoms with E-state index in [1.165, 1.54) is 0 Å². The van der Waals surface area contributed by atoms with Gasteiger partial charge < -0.3 is 35.2 Å². The number of nitrogens with one attached hydrogen (secondary N) is 3. The fourth-order valence-electron chi connectivity index (χ4n) is 7.93. The highest BCUT2D eigenvalue weighted by Crippen LogP contribution is 2.30. The Morgan fingerprint density at radius 2 is 1.49 bits per heavy atom. The average Bonchev–Trinajstić information content (AvgIpc) is 3.62. The minimum Gasteiger partial charge on any atom is -0.379 e. The quantitative estimate of drug-likeness (QED) is 0.164. The Bertz CT molecular complexity index is 1400. The topological polar surface area (TPSA) is 146 Å². The second-order valence-electron chi connectivity index (χ2n) is 17.2. The summed E-state index contributed by atoms with van der Waals surface area (Å²) in [6.07, 6.45) is 1.26. The summed E-state index contributed by atoms with van der Waals surface area (Å²) in [6, 6.07) is 6.86. The van der Waals surface area contributed by atoms with Gasteiger partial charge in [0.1, 0.15) is 6.04 Å². The van der Waals surface area contributed by atoms with Crippen LogP contribution in [0.2, 0.25) is 0 Å².